The molecule has 1 atom stereocenters. The molecule has 1 saturated heterocycles. The molecule has 0 spiro atoms. The second-order valence-corrected chi connectivity index (χ2v) is 8.77. The van der Waals surface area contributed by atoms with E-state index in [1.54, 1.807) is 24.3 Å². The van der Waals surface area contributed by atoms with Crippen molar-refractivity contribution in [3.05, 3.63) is 64.2 Å². The molecular formula is C19H21N3O6S. The number of sulfonamides is 1. The van der Waals surface area contributed by atoms with E-state index < -0.39 is 26.9 Å². The van der Waals surface area contributed by atoms with Gasteiger partial charge < -0.3 is 10.1 Å². The summed E-state index contributed by atoms with van der Waals surface area (Å²) in [6.45, 7) is 0.568. The van der Waals surface area contributed by atoms with E-state index in [0.29, 0.717) is 25.1 Å². The summed E-state index contributed by atoms with van der Waals surface area (Å²) in [6.07, 6.45) is 2.35. The van der Waals surface area contributed by atoms with Gasteiger partial charge in [0.1, 0.15) is 11.5 Å². The highest BCUT2D eigenvalue weighted by atomic mass is 32.2. The van der Waals surface area contributed by atoms with Crippen LogP contribution in [0.2, 0.25) is 0 Å². The molecule has 154 valence electrons. The van der Waals surface area contributed by atoms with Gasteiger partial charge >= 0.3 is 0 Å². The summed E-state index contributed by atoms with van der Waals surface area (Å²) in [5.41, 5.74) is -0.225. The number of nitro benzene ring substituents is 1. The third-order valence-electron chi connectivity index (χ3n) is 4.58. The molecule has 0 saturated carbocycles. The van der Waals surface area contributed by atoms with Crippen LogP contribution in [-0.4, -0.2) is 48.9 Å². The number of hydrogen-bond donors (Lipinski definition) is 1. The van der Waals surface area contributed by atoms with Gasteiger partial charge in [0, 0.05) is 31.3 Å². The fraction of sp³-hybridized carbons (Fsp3) is 0.316. The summed E-state index contributed by atoms with van der Waals surface area (Å²) in [7, 11) is -3.36. The lowest BCUT2D eigenvalue weighted by Crippen LogP contribution is -2.49. The van der Waals surface area contributed by atoms with Crippen LogP contribution in [0.1, 0.15) is 23.2 Å². The normalized spacial score (nSPS) is 17.5. The van der Waals surface area contributed by atoms with Crippen molar-refractivity contribution in [2.75, 3.05) is 19.3 Å². The summed E-state index contributed by atoms with van der Waals surface area (Å²) in [5.74, 6) is 0.103. The van der Waals surface area contributed by atoms with E-state index in [-0.39, 0.29) is 23.5 Å². The maximum Gasteiger partial charge on any atom is 0.270 e. The third kappa shape index (κ3) is 5.30. The van der Waals surface area contributed by atoms with Gasteiger partial charge in [0.25, 0.3) is 11.6 Å². The molecule has 1 heterocycles. The smallest absolute Gasteiger partial charge is 0.270 e. The molecule has 1 fully saturated rings. The second kappa shape index (κ2) is 8.58. The summed E-state index contributed by atoms with van der Waals surface area (Å²) >= 11 is 0. The Morgan fingerprint density at radius 2 is 1.97 bits per heavy atom. The summed E-state index contributed by atoms with van der Waals surface area (Å²) in [4.78, 5) is 23.4. The molecule has 0 unspecified atom stereocenters. The van der Waals surface area contributed by atoms with Crippen LogP contribution in [0.25, 0.3) is 0 Å². The van der Waals surface area contributed by atoms with Gasteiger partial charge in [0.05, 0.1) is 16.7 Å². The number of carbonyl (C=O) groups is 1. The Kier molecular flexibility index (Phi) is 6.14. The van der Waals surface area contributed by atoms with Crippen LogP contribution in [0.5, 0.6) is 11.5 Å². The van der Waals surface area contributed by atoms with Crippen molar-refractivity contribution in [1.29, 1.82) is 0 Å². The number of nitrogens with one attached hydrogen (secondary N) is 1. The zero-order valence-electron chi connectivity index (χ0n) is 15.8. The van der Waals surface area contributed by atoms with Crippen molar-refractivity contribution in [3.63, 3.8) is 0 Å². The predicted octanol–water partition coefficient (Wildman–Crippen LogP) is 2.54. The number of non-ortho nitro benzene ring substituents is 1. The SMILES string of the molecule is CS(=O)(=O)N1CCC[C@@H](NC(=O)c2cc([N+](=O)[O-])ccc2Oc2ccccc2)C1. The maximum absolute atomic E-state index is 12.9. The molecule has 2 aromatic rings. The first-order chi connectivity index (χ1) is 13.7. The molecule has 2 aromatic carbocycles. The van der Waals surface area contributed by atoms with Crippen LogP contribution in [0.4, 0.5) is 5.69 Å². The van der Waals surface area contributed by atoms with E-state index in [1.165, 1.54) is 16.4 Å². The Morgan fingerprint density at radius 1 is 1.24 bits per heavy atom. The Labute approximate surface area is 168 Å². The Bertz CT molecular complexity index is 1010. The molecule has 0 aliphatic carbocycles. The lowest BCUT2D eigenvalue weighted by Gasteiger charge is -2.31. The summed E-state index contributed by atoms with van der Waals surface area (Å²) in [5, 5.41) is 13.9. The fourth-order valence-electron chi connectivity index (χ4n) is 3.14. The Hall–Kier alpha value is -2.98. The molecule has 29 heavy (non-hydrogen) atoms. The van der Waals surface area contributed by atoms with Crippen LogP contribution in [0, 0.1) is 10.1 Å². The number of para-hydroxylation sites is 1. The quantitative estimate of drug-likeness (QED) is 0.568. The molecular weight excluding hydrogens is 398 g/mol. The highest BCUT2D eigenvalue weighted by Gasteiger charge is 2.28. The molecule has 0 aromatic heterocycles. The first-order valence-electron chi connectivity index (χ1n) is 9.01. The molecule has 10 heteroatoms. The van der Waals surface area contributed by atoms with Crippen molar-refractivity contribution in [3.8, 4) is 11.5 Å². The number of nitro groups is 1. The van der Waals surface area contributed by atoms with Gasteiger partial charge in [-0.05, 0) is 31.0 Å². The van der Waals surface area contributed by atoms with Crippen molar-refractivity contribution in [1.82, 2.24) is 9.62 Å². The van der Waals surface area contributed by atoms with Crippen LogP contribution >= 0.6 is 0 Å². The molecule has 1 aliphatic heterocycles. The number of benzene rings is 2. The Balaban J connectivity index is 1.84. The van der Waals surface area contributed by atoms with Gasteiger partial charge in [-0.1, -0.05) is 18.2 Å². The lowest BCUT2D eigenvalue weighted by molar-refractivity contribution is -0.384. The average molecular weight is 419 g/mol. The number of amides is 1. The molecule has 3 rings (SSSR count). The standard InChI is InChI=1S/C19H21N3O6S/c1-29(26,27)21-11-5-6-14(13-21)20-19(23)17-12-15(22(24)25)9-10-18(17)28-16-7-3-2-4-8-16/h2-4,7-10,12,14H,5-6,11,13H2,1H3,(H,20,23)/t14-/m1/s1. The van der Waals surface area contributed by atoms with Crippen molar-refractivity contribution in [2.45, 2.75) is 18.9 Å². The monoisotopic (exact) mass is 419 g/mol. The minimum Gasteiger partial charge on any atom is -0.457 e. The Morgan fingerprint density at radius 3 is 2.62 bits per heavy atom. The minimum atomic E-state index is -3.36. The van der Waals surface area contributed by atoms with E-state index >= 15 is 0 Å². The molecule has 0 radical (unpaired) electrons. The zero-order valence-corrected chi connectivity index (χ0v) is 16.6. The summed E-state index contributed by atoms with van der Waals surface area (Å²) in [6, 6.07) is 12.2. The largest absolute Gasteiger partial charge is 0.457 e. The highest BCUT2D eigenvalue weighted by molar-refractivity contribution is 7.88. The minimum absolute atomic E-state index is 0.0135. The van der Waals surface area contributed by atoms with E-state index in [9.17, 15) is 23.3 Å². The van der Waals surface area contributed by atoms with Gasteiger partial charge in [0.2, 0.25) is 10.0 Å². The maximum atomic E-state index is 12.9. The number of piperidine rings is 1. The molecule has 1 amide bonds. The van der Waals surface area contributed by atoms with Crippen LogP contribution in [-0.2, 0) is 10.0 Å². The predicted molar refractivity (Wildman–Crippen MR) is 107 cm³/mol. The summed E-state index contributed by atoms with van der Waals surface area (Å²) < 4.78 is 30.6. The topological polar surface area (TPSA) is 119 Å². The first-order valence-corrected chi connectivity index (χ1v) is 10.9. The zero-order chi connectivity index (χ0) is 21.0. The number of ether oxygens (including phenoxy) is 1. The van der Waals surface area contributed by atoms with E-state index in [0.717, 1.165) is 12.3 Å². The first kappa shape index (κ1) is 20.7. The van der Waals surface area contributed by atoms with Crippen molar-refractivity contribution >= 4 is 21.6 Å². The molecule has 9 nitrogen and oxygen atoms in total. The van der Waals surface area contributed by atoms with Crippen LogP contribution in [0.15, 0.2) is 48.5 Å². The lowest BCUT2D eigenvalue weighted by atomic mass is 10.1. The number of hydrogen-bond acceptors (Lipinski definition) is 6. The molecule has 1 aliphatic rings. The number of rotatable bonds is 6. The van der Waals surface area contributed by atoms with Crippen LogP contribution < -0.4 is 10.1 Å². The number of carbonyl (C=O) groups excluding carboxylic acids is 1. The third-order valence-corrected chi connectivity index (χ3v) is 5.85. The highest BCUT2D eigenvalue weighted by Crippen LogP contribution is 2.29. The van der Waals surface area contributed by atoms with Crippen molar-refractivity contribution in [2.24, 2.45) is 0 Å². The van der Waals surface area contributed by atoms with E-state index in [2.05, 4.69) is 5.32 Å². The van der Waals surface area contributed by atoms with E-state index in [1.807, 2.05) is 6.07 Å². The number of nitrogens with zero attached hydrogens (tertiary/aromatic N) is 2. The van der Waals surface area contributed by atoms with Gasteiger partial charge in [-0.3, -0.25) is 14.9 Å². The van der Waals surface area contributed by atoms with Gasteiger partial charge in [-0.25, -0.2) is 12.7 Å². The second-order valence-electron chi connectivity index (χ2n) is 6.79. The van der Waals surface area contributed by atoms with Gasteiger partial charge in [0.15, 0.2) is 0 Å². The van der Waals surface area contributed by atoms with Gasteiger partial charge in [-0.15, -0.1) is 0 Å². The molecule has 0 bridgehead atoms. The average Bonchev–Trinajstić information content (AvgIpc) is 2.68. The van der Waals surface area contributed by atoms with Gasteiger partial charge in [-0.2, -0.15) is 0 Å². The van der Waals surface area contributed by atoms with Crippen molar-refractivity contribution < 1.29 is 22.9 Å². The van der Waals surface area contributed by atoms with Crippen LogP contribution in [0.3, 0.4) is 0 Å². The van der Waals surface area contributed by atoms with E-state index in [4.69, 9.17) is 4.74 Å². The molecule has 1 N–H and O–H groups in total. The fourth-order valence-corrected chi connectivity index (χ4v) is 4.05.